The van der Waals surface area contributed by atoms with Crippen LogP contribution in [0.15, 0.2) is 36.7 Å². The molecule has 3 aliphatic heterocycles. The Morgan fingerprint density at radius 3 is 2.34 bits per heavy atom. The lowest BCUT2D eigenvalue weighted by Crippen LogP contribution is -2.46. The van der Waals surface area contributed by atoms with Gasteiger partial charge in [0, 0.05) is 52.6 Å². The molecule has 3 aliphatic rings. The van der Waals surface area contributed by atoms with Gasteiger partial charge in [0.05, 0.1) is 26.4 Å². The molecule has 3 aromatic rings. The van der Waals surface area contributed by atoms with E-state index >= 15 is 0 Å². The second-order valence-electron chi connectivity index (χ2n) is 9.28. The normalized spacial score (nSPS) is 20.0. The van der Waals surface area contributed by atoms with Gasteiger partial charge in [0.1, 0.15) is 17.4 Å². The van der Waals surface area contributed by atoms with Crippen LogP contribution in [0.3, 0.4) is 0 Å². The van der Waals surface area contributed by atoms with E-state index in [9.17, 15) is 0 Å². The average molecular weight is 478 g/mol. The number of ether oxygens (including phenoxy) is 3. The fraction of sp³-hybridized carbons (Fsp3) is 0.520. The Labute approximate surface area is 204 Å². The lowest BCUT2D eigenvalue weighted by molar-refractivity contribution is -0.169. The standard InChI is InChI=1S/C25H31N7O3/c1-30(17-19-5-3-2-4-6-19)22-21-20(26-18-27-22)23(31-11-13-33-14-12-31)29-24(28-21)32-9-7-25(8-10-32)34-15-16-35-25/h2-6,18H,7-17H2,1H3. The Morgan fingerprint density at radius 2 is 1.60 bits per heavy atom. The lowest BCUT2D eigenvalue weighted by atomic mass is 10.0. The second-order valence-corrected chi connectivity index (χ2v) is 9.28. The molecule has 10 heteroatoms. The zero-order valence-corrected chi connectivity index (χ0v) is 20.1. The number of piperidine rings is 1. The highest BCUT2D eigenvalue weighted by Crippen LogP contribution is 2.35. The Kier molecular flexibility index (Phi) is 6.09. The van der Waals surface area contributed by atoms with Crippen LogP contribution in [0.4, 0.5) is 17.6 Å². The third-order valence-electron chi connectivity index (χ3n) is 6.99. The van der Waals surface area contributed by atoms with Gasteiger partial charge in [-0.1, -0.05) is 30.3 Å². The zero-order chi connectivity index (χ0) is 23.7. The van der Waals surface area contributed by atoms with Crippen molar-refractivity contribution in [1.29, 1.82) is 0 Å². The van der Waals surface area contributed by atoms with Crippen molar-refractivity contribution in [2.24, 2.45) is 0 Å². The van der Waals surface area contributed by atoms with Crippen LogP contribution < -0.4 is 14.7 Å². The van der Waals surface area contributed by atoms with Crippen LogP contribution >= 0.6 is 0 Å². The summed E-state index contributed by atoms with van der Waals surface area (Å²) in [6.45, 7) is 6.50. The summed E-state index contributed by atoms with van der Waals surface area (Å²) in [6.07, 6.45) is 3.21. The molecule has 3 saturated heterocycles. The van der Waals surface area contributed by atoms with Gasteiger partial charge in [-0.15, -0.1) is 0 Å². The summed E-state index contributed by atoms with van der Waals surface area (Å²) in [5.74, 6) is 1.91. The van der Waals surface area contributed by atoms with E-state index in [1.807, 2.05) is 13.1 Å². The Bertz CT molecular complexity index is 1160. The maximum Gasteiger partial charge on any atom is 0.228 e. The largest absolute Gasteiger partial charge is 0.378 e. The van der Waals surface area contributed by atoms with Crippen molar-refractivity contribution in [3.8, 4) is 0 Å². The van der Waals surface area contributed by atoms with Crippen molar-refractivity contribution in [3.63, 3.8) is 0 Å². The first kappa shape index (κ1) is 22.4. The van der Waals surface area contributed by atoms with Crippen LogP contribution in [0.25, 0.3) is 11.0 Å². The monoisotopic (exact) mass is 477 g/mol. The van der Waals surface area contributed by atoms with Gasteiger partial charge in [0.25, 0.3) is 0 Å². The third-order valence-corrected chi connectivity index (χ3v) is 6.99. The fourth-order valence-electron chi connectivity index (χ4n) is 5.09. The van der Waals surface area contributed by atoms with Crippen molar-refractivity contribution < 1.29 is 14.2 Å². The highest BCUT2D eigenvalue weighted by molar-refractivity contribution is 5.94. The molecule has 0 unspecified atom stereocenters. The number of aromatic nitrogens is 4. The number of rotatable bonds is 5. The molecule has 0 aliphatic carbocycles. The van der Waals surface area contributed by atoms with E-state index in [-0.39, 0.29) is 0 Å². The third kappa shape index (κ3) is 4.49. The van der Waals surface area contributed by atoms with Crippen molar-refractivity contribution in [3.05, 3.63) is 42.2 Å². The summed E-state index contributed by atoms with van der Waals surface area (Å²) < 4.78 is 17.4. The molecule has 0 amide bonds. The van der Waals surface area contributed by atoms with Crippen LogP contribution in [0.2, 0.25) is 0 Å². The summed E-state index contributed by atoms with van der Waals surface area (Å²) in [5, 5.41) is 0. The van der Waals surface area contributed by atoms with Gasteiger partial charge in [-0.25, -0.2) is 15.0 Å². The number of hydrogen-bond acceptors (Lipinski definition) is 10. The van der Waals surface area contributed by atoms with Gasteiger partial charge >= 0.3 is 0 Å². The molecule has 0 N–H and O–H groups in total. The predicted molar refractivity (Wildman–Crippen MR) is 133 cm³/mol. The zero-order valence-electron chi connectivity index (χ0n) is 20.1. The predicted octanol–water partition coefficient (Wildman–Crippen LogP) is 2.24. The molecular formula is C25H31N7O3. The summed E-state index contributed by atoms with van der Waals surface area (Å²) >= 11 is 0. The number of benzene rings is 1. The quantitative estimate of drug-likeness (QED) is 0.545. The lowest BCUT2D eigenvalue weighted by Gasteiger charge is -2.38. The van der Waals surface area contributed by atoms with Crippen LogP contribution in [-0.2, 0) is 20.8 Å². The van der Waals surface area contributed by atoms with Crippen molar-refractivity contribution in [2.75, 3.05) is 74.4 Å². The van der Waals surface area contributed by atoms with Crippen LogP contribution in [-0.4, -0.2) is 85.4 Å². The van der Waals surface area contributed by atoms with Gasteiger partial charge in [0.15, 0.2) is 17.4 Å². The van der Waals surface area contributed by atoms with Gasteiger partial charge in [0.2, 0.25) is 5.95 Å². The Morgan fingerprint density at radius 1 is 0.857 bits per heavy atom. The van der Waals surface area contributed by atoms with Gasteiger partial charge in [-0.3, -0.25) is 0 Å². The van der Waals surface area contributed by atoms with Gasteiger partial charge in [-0.2, -0.15) is 4.98 Å². The fourth-order valence-corrected chi connectivity index (χ4v) is 5.09. The summed E-state index contributed by atoms with van der Waals surface area (Å²) in [6, 6.07) is 10.4. The first-order valence-electron chi connectivity index (χ1n) is 12.3. The van der Waals surface area contributed by atoms with Crippen molar-refractivity contribution in [1.82, 2.24) is 19.9 Å². The molecule has 10 nitrogen and oxygen atoms in total. The number of morpholine rings is 1. The molecule has 6 rings (SSSR count). The minimum absolute atomic E-state index is 0.440. The maximum absolute atomic E-state index is 5.92. The molecule has 35 heavy (non-hydrogen) atoms. The maximum atomic E-state index is 5.92. The SMILES string of the molecule is CN(Cc1ccccc1)c1ncnc2c(N3CCOCC3)nc(N3CCC4(CC3)OCCO4)nc12. The number of fused-ring (bicyclic) bond motifs is 1. The molecule has 3 fully saturated rings. The van der Waals surface area contributed by atoms with E-state index < -0.39 is 5.79 Å². The van der Waals surface area contributed by atoms with E-state index in [4.69, 9.17) is 24.2 Å². The molecule has 2 aromatic heterocycles. The smallest absolute Gasteiger partial charge is 0.228 e. The molecule has 0 bridgehead atoms. The highest BCUT2D eigenvalue weighted by atomic mass is 16.7. The Balaban J connectivity index is 1.38. The van der Waals surface area contributed by atoms with Crippen molar-refractivity contribution >= 4 is 28.6 Å². The van der Waals surface area contributed by atoms with E-state index in [1.54, 1.807) is 6.33 Å². The molecule has 0 radical (unpaired) electrons. The number of anilines is 3. The van der Waals surface area contributed by atoms with E-state index in [0.717, 1.165) is 68.2 Å². The minimum atomic E-state index is -0.440. The first-order chi connectivity index (χ1) is 17.2. The molecular weight excluding hydrogens is 446 g/mol. The Hall–Kier alpha value is -3.08. The summed E-state index contributed by atoms with van der Waals surface area (Å²) in [7, 11) is 2.05. The van der Waals surface area contributed by atoms with E-state index in [1.165, 1.54) is 5.56 Å². The molecule has 0 atom stereocenters. The van der Waals surface area contributed by atoms with Crippen molar-refractivity contribution in [2.45, 2.75) is 25.2 Å². The van der Waals surface area contributed by atoms with Gasteiger partial charge in [-0.05, 0) is 5.56 Å². The highest BCUT2D eigenvalue weighted by Gasteiger charge is 2.40. The van der Waals surface area contributed by atoms with Crippen LogP contribution in [0.1, 0.15) is 18.4 Å². The van der Waals surface area contributed by atoms with Crippen LogP contribution in [0.5, 0.6) is 0 Å². The summed E-state index contributed by atoms with van der Waals surface area (Å²) in [5.41, 5.74) is 2.75. The van der Waals surface area contributed by atoms with Crippen LogP contribution in [0, 0.1) is 0 Å². The molecule has 1 spiro atoms. The number of hydrogen-bond donors (Lipinski definition) is 0. The van der Waals surface area contributed by atoms with E-state index in [0.29, 0.717) is 32.4 Å². The molecule has 0 saturated carbocycles. The molecule has 184 valence electrons. The summed E-state index contributed by atoms with van der Waals surface area (Å²) in [4.78, 5) is 26.0. The van der Waals surface area contributed by atoms with E-state index in [2.05, 4.69) is 48.9 Å². The second kappa shape index (κ2) is 9.52. The molecule has 1 aromatic carbocycles. The average Bonchev–Trinajstić information content (AvgIpc) is 3.37. The minimum Gasteiger partial charge on any atom is -0.378 e. The first-order valence-corrected chi connectivity index (χ1v) is 12.3. The van der Waals surface area contributed by atoms with Gasteiger partial charge < -0.3 is 28.9 Å². The number of nitrogens with zero attached hydrogens (tertiary/aromatic N) is 7. The topological polar surface area (TPSA) is 89.0 Å². The molecule has 5 heterocycles.